The van der Waals surface area contributed by atoms with Crippen LogP contribution in [0.15, 0.2) is 28.4 Å². The van der Waals surface area contributed by atoms with Crippen LogP contribution in [-0.4, -0.2) is 24.1 Å². The quantitative estimate of drug-likeness (QED) is 0.104. The molecule has 1 heterocycles. The number of carboxylic acids is 1. The number of carbonyl (C=O) groups is 1. The minimum Gasteiger partial charge on any atom is -0.481 e. The summed E-state index contributed by atoms with van der Waals surface area (Å²) in [5.41, 5.74) is 5.71. The standard InChI is InChI=1S/C31H51NO3Si/c1-25(15-10-9-11-20-29-24-35-27(3)32-29)16-12-17-26(2)18-13-21-31(4,5)23-28(30(33)34)19-14-22-36(6,7)8/h11,15,20,24,26,28H,9-10,12-13,16-19,21,23H2,1-8H3,(H,33,34). The van der Waals surface area contributed by atoms with Gasteiger partial charge in [0.05, 0.1) is 5.92 Å². The molecule has 1 aromatic rings. The zero-order valence-corrected chi connectivity index (χ0v) is 25.2. The average Bonchev–Trinajstić information content (AvgIpc) is 3.16. The van der Waals surface area contributed by atoms with Crippen LogP contribution in [0.2, 0.25) is 19.6 Å². The molecule has 1 N–H and O–H groups in total. The van der Waals surface area contributed by atoms with E-state index in [1.807, 2.05) is 13.0 Å². The van der Waals surface area contributed by atoms with Crippen molar-refractivity contribution in [1.29, 1.82) is 0 Å². The third-order valence-corrected chi connectivity index (χ3v) is 7.46. The van der Waals surface area contributed by atoms with E-state index in [1.165, 1.54) is 31.3 Å². The summed E-state index contributed by atoms with van der Waals surface area (Å²) in [6.45, 7) is 17.5. The second-order valence-corrected chi connectivity index (χ2v) is 17.1. The maximum atomic E-state index is 11.8. The van der Waals surface area contributed by atoms with Gasteiger partial charge in [0.1, 0.15) is 20.0 Å². The summed E-state index contributed by atoms with van der Waals surface area (Å²) >= 11 is 0. The lowest BCUT2D eigenvalue weighted by molar-refractivity contribution is -0.142. The van der Waals surface area contributed by atoms with E-state index in [2.05, 4.69) is 75.9 Å². The van der Waals surface area contributed by atoms with E-state index >= 15 is 0 Å². The predicted molar refractivity (Wildman–Crippen MR) is 155 cm³/mol. The highest BCUT2D eigenvalue weighted by Gasteiger charge is 2.27. The van der Waals surface area contributed by atoms with Crippen molar-refractivity contribution in [1.82, 2.24) is 4.98 Å². The molecule has 0 amide bonds. The molecule has 0 aliphatic carbocycles. The largest absolute Gasteiger partial charge is 0.481 e. The predicted octanol–water partition coefficient (Wildman–Crippen LogP) is 9.09. The molecule has 1 rings (SSSR count). The molecule has 0 bridgehead atoms. The van der Waals surface area contributed by atoms with Gasteiger partial charge in [-0.3, -0.25) is 4.79 Å². The highest BCUT2D eigenvalue weighted by molar-refractivity contribution is 6.83. The number of nitrogens with zero attached hydrogens (tertiary/aromatic N) is 1. The Hall–Kier alpha value is -2.06. The Bertz CT molecular complexity index is 908. The minimum atomic E-state index is -1.46. The van der Waals surface area contributed by atoms with Crippen molar-refractivity contribution in [2.45, 2.75) is 118 Å². The first kappa shape index (κ1) is 32.0. The molecule has 202 valence electrons. The van der Waals surface area contributed by atoms with Gasteiger partial charge in [-0.2, -0.15) is 0 Å². The Labute approximate surface area is 222 Å². The number of rotatable bonds is 16. The zero-order chi connectivity index (χ0) is 27.2. The number of aliphatic carboxylic acids is 1. The van der Waals surface area contributed by atoms with Crippen LogP contribution in [0.25, 0.3) is 6.08 Å². The third kappa shape index (κ3) is 15.8. The number of aromatic nitrogens is 1. The first-order chi connectivity index (χ1) is 16.8. The average molecular weight is 514 g/mol. The number of hydrogen-bond acceptors (Lipinski definition) is 3. The smallest absolute Gasteiger partial charge is 0.307 e. The molecule has 1 aromatic heterocycles. The van der Waals surface area contributed by atoms with Gasteiger partial charge >= 0.3 is 5.97 Å². The van der Waals surface area contributed by atoms with Crippen molar-refractivity contribution >= 4 is 20.1 Å². The van der Waals surface area contributed by atoms with Gasteiger partial charge in [0.15, 0.2) is 5.89 Å². The summed E-state index contributed by atoms with van der Waals surface area (Å²) in [6, 6.07) is 0. The van der Waals surface area contributed by atoms with E-state index in [1.54, 1.807) is 6.26 Å². The van der Waals surface area contributed by atoms with E-state index in [0.717, 1.165) is 31.4 Å². The molecule has 0 aliphatic heterocycles. The summed E-state index contributed by atoms with van der Waals surface area (Å²) in [7, 11) is -1.46. The topological polar surface area (TPSA) is 63.3 Å². The van der Waals surface area contributed by atoms with Gasteiger partial charge in [-0.05, 0) is 62.9 Å². The number of carboxylic acid groups (broad SMARTS) is 1. The SMILES string of the molecule is CC(=CCCC=Cc1coc(C)n1)CCCC(C)CCCC(C)(C)CC(CC#C[Si](C)(C)C)C(=O)O. The molecular weight excluding hydrogens is 462 g/mol. The third-order valence-electron chi connectivity index (χ3n) is 6.53. The van der Waals surface area contributed by atoms with Crippen molar-refractivity contribution in [3.63, 3.8) is 0 Å². The van der Waals surface area contributed by atoms with E-state index in [-0.39, 0.29) is 11.3 Å². The molecule has 0 aromatic carbocycles. The number of aryl methyl sites for hydroxylation is 1. The Kier molecular flexibility index (Phi) is 14.1. The zero-order valence-electron chi connectivity index (χ0n) is 24.2. The Morgan fingerprint density at radius 3 is 2.53 bits per heavy atom. The second kappa shape index (κ2) is 15.9. The first-order valence-corrected chi connectivity index (χ1v) is 17.2. The maximum Gasteiger partial charge on any atom is 0.307 e. The number of hydrogen-bond donors (Lipinski definition) is 1. The van der Waals surface area contributed by atoms with E-state index in [9.17, 15) is 9.90 Å². The van der Waals surface area contributed by atoms with Crippen LogP contribution in [0.4, 0.5) is 0 Å². The van der Waals surface area contributed by atoms with E-state index in [4.69, 9.17) is 4.42 Å². The molecule has 5 heteroatoms. The fraction of sp³-hybridized carbons (Fsp3) is 0.677. The first-order valence-electron chi connectivity index (χ1n) is 13.7. The van der Waals surface area contributed by atoms with Crippen LogP contribution in [-0.2, 0) is 4.79 Å². The molecule has 2 unspecified atom stereocenters. The molecule has 0 saturated heterocycles. The fourth-order valence-corrected chi connectivity index (χ4v) is 5.08. The molecule has 4 nitrogen and oxygen atoms in total. The van der Waals surface area contributed by atoms with Crippen LogP contribution in [0.5, 0.6) is 0 Å². The van der Waals surface area contributed by atoms with Crippen molar-refractivity contribution in [2.24, 2.45) is 17.3 Å². The van der Waals surface area contributed by atoms with Crippen molar-refractivity contribution in [3.8, 4) is 11.5 Å². The highest BCUT2D eigenvalue weighted by Crippen LogP contribution is 2.33. The van der Waals surface area contributed by atoms with Gasteiger partial charge in [0.25, 0.3) is 0 Å². The summed E-state index contributed by atoms with van der Waals surface area (Å²) in [4.78, 5) is 16.1. The van der Waals surface area contributed by atoms with Crippen LogP contribution >= 0.6 is 0 Å². The summed E-state index contributed by atoms with van der Waals surface area (Å²) in [5.74, 6) is 3.52. The van der Waals surface area contributed by atoms with Crippen molar-refractivity contribution < 1.29 is 14.3 Å². The van der Waals surface area contributed by atoms with Crippen molar-refractivity contribution in [3.05, 3.63) is 35.6 Å². The summed E-state index contributed by atoms with van der Waals surface area (Å²) < 4.78 is 5.21. The Morgan fingerprint density at radius 2 is 1.92 bits per heavy atom. The maximum absolute atomic E-state index is 11.8. The van der Waals surface area contributed by atoms with Gasteiger partial charge in [-0.1, -0.05) is 77.4 Å². The molecule has 0 aliphatic rings. The second-order valence-electron chi connectivity index (χ2n) is 12.4. The number of oxazole rings is 1. The van der Waals surface area contributed by atoms with Gasteiger partial charge in [0, 0.05) is 13.3 Å². The molecular formula is C31H51NO3Si. The summed E-state index contributed by atoms with van der Waals surface area (Å²) in [5, 5.41) is 9.68. The Balaban J connectivity index is 2.27. The highest BCUT2D eigenvalue weighted by atomic mass is 28.3. The fourth-order valence-electron chi connectivity index (χ4n) is 4.45. The minimum absolute atomic E-state index is 0.0316. The van der Waals surface area contributed by atoms with Crippen molar-refractivity contribution in [2.75, 3.05) is 0 Å². The van der Waals surface area contributed by atoms with Crippen LogP contribution in [0.3, 0.4) is 0 Å². The number of allylic oxidation sites excluding steroid dienone is 3. The molecule has 2 atom stereocenters. The monoisotopic (exact) mass is 513 g/mol. The van der Waals surface area contributed by atoms with Crippen LogP contribution in [0.1, 0.15) is 103 Å². The number of unbranched alkanes of at least 4 members (excludes halogenated alkanes) is 1. The molecule has 0 radical (unpaired) electrons. The van der Waals surface area contributed by atoms with E-state index in [0.29, 0.717) is 24.7 Å². The van der Waals surface area contributed by atoms with E-state index < -0.39 is 14.0 Å². The lowest BCUT2D eigenvalue weighted by atomic mass is 9.77. The lowest BCUT2D eigenvalue weighted by Crippen LogP contribution is -2.23. The van der Waals surface area contributed by atoms with Gasteiger partial charge in [-0.25, -0.2) is 4.98 Å². The molecule has 0 spiro atoms. The Morgan fingerprint density at radius 1 is 1.22 bits per heavy atom. The molecule has 36 heavy (non-hydrogen) atoms. The van der Waals surface area contributed by atoms with Gasteiger partial charge in [-0.15, -0.1) is 11.5 Å². The van der Waals surface area contributed by atoms with Crippen LogP contribution in [0, 0.1) is 35.6 Å². The normalized spacial score (nSPS) is 14.5. The van der Waals surface area contributed by atoms with Gasteiger partial charge in [0.2, 0.25) is 0 Å². The van der Waals surface area contributed by atoms with Crippen LogP contribution < -0.4 is 0 Å². The summed E-state index contributed by atoms with van der Waals surface area (Å²) in [6.07, 6.45) is 18.6. The van der Waals surface area contributed by atoms with Gasteiger partial charge < -0.3 is 9.52 Å². The lowest BCUT2D eigenvalue weighted by Gasteiger charge is -2.28. The molecule has 0 fully saturated rings. The molecule has 0 saturated carbocycles.